The van der Waals surface area contributed by atoms with Crippen LogP contribution in [0.5, 0.6) is 5.75 Å². The molecule has 1 rings (SSSR count). The van der Waals surface area contributed by atoms with Crippen LogP contribution in [0.1, 0.15) is 58.5 Å². The average molecular weight is 252 g/mol. The van der Waals surface area contributed by atoms with Gasteiger partial charge in [0, 0.05) is 5.92 Å². The number of ether oxygens (including phenoxy) is 1. The zero-order valence-electron chi connectivity index (χ0n) is 12.0. The smallest absolute Gasteiger partial charge is 0.161 e. The van der Waals surface area contributed by atoms with Crippen LogP contribution in [-0.2, 0) is 6.61 Å². The SMILES string of the molecule is CC(C)CC(C)Oc1cnc(C(C)C)nc1CO. The van der Waals surface area contributed by atoms with Crippen LogP contribution < -0.4 is 4.74 Å². The summed E-state index contributed by atoms with van der Waals surface area (Å²) in [7, 11) is 0. The van der Waals surface area contributed by atoms with Crippen molar-refractivity contribution in [1.29, 1.82) is 0 Å². The van der Waals surface area contributed by atoms with Crippen molar-refractivity contribution in [3.05, 3.63) is 17.7 Å². The van der Waals surface area contributed by atoms with Gasteiger partial charge in [0.05, 0.1) is 18.9 Å². The number of nitrogens with zero attached hydrogens (tertiary/aromatic N) is 2. The number of hydrogen-bond donors (Lipinski definition) is 1. The van der Waals surface area contributed by atoms with E-state index in [0.29, 0.717) is 17.4 Å². The zero-order chi connectivity index (χ0) is 13.7. The van der Waals surface area contributed by atoms with Crippen molar-refractivity contribution >= 4 is 0 Å². The Labute approximate surface area is 109 Å². The Morgan fingerprint density at radius 2 is 1.89 bits per heavy atom. The molecule has 18 heavy (non-hydrogen) atoms. The molecule has 0 aliphatic heterocycles. The van der Waals surface area contributed by atoms with Gasteiger partial charge in [0.2, 0.25) is 0 Å². The highest BCUT2D eigenvalue weighted by atomic mass is 16.5. The van der Waals surface area contributed by atoms with Crippen LogP contribution in [0.4, 0.5) is 0 Å². The van der Waals surface area contributed by atoms with Gasteiger partial charge in [0.25, 0.3) is 0 Å². The van der Waals surface area contributed by atoms with Crippen LogP contribution in [0.15, 0.2) is 6.20 Å². The van der Waals surface area contributed by atoms with Crippen molar-refractivity contribution in [2.45, 2.75) is 59.7 Å². The van der Waals surface area contributed by atoms with E-state index in [2.05, 4.69) is 23.8 Å². The summed E-state index contributed by atoms with van der Waals surface area (Å²) in [5.41, 5.74) is 0.573. The summed E-state index contributed by atoms with van der Waals surface area (Å²) in [4.78, 5) is 8.61. The highest BCUT2D eigenvalue weighted by molar-refractivity contribution is 5.25. The van der Waals surface area contributed by atoms with Crippen molar-refractivity contribution in [2.75, 3.05) is 0 Å². The monoisotopic (exact) mass is 252 g/mol. The number of aliphatic hydroxyl groups is 1. The Morgan fingerprint density at radius 3 is 2.39 bits per heavy atom. The summed E-state index contributed by atoms with van der Waals surface area (Å²) in [5.74, 6) is 2.16. The van der Waals surface area contributed by atoms with Gasteiger partial charge in [-0.1, -0.05) is 27.7 Å². The predicted octanol–water partition coefficient (Wildman–Crippen LogP) is 2.91. The van der Waals surface area contributed by atoms with Gasteiger partial charge in [-0.15, -0.1) is 0 Å². The Balaban J connectivity index is 2.82. The molecule has 0 aliphatic carbocycles. The molecule has 102 valence electrons. The second kappa shape index (κ2) is 6.69. The van der Waals surface area contributed by atoms with E-state index < -0.39 is 0 Å². The number of aromatic nitrogens is 2. The molecule has 0 amide bonds. The summed E-state index contributed by atoms with van der Waals surface area (Å²) in [6.07, 6.45) is 2.74. The van der Waals surface area contributed by atoms with Crippen molar-refractivity contribution in [3.8, 4) is 5.75 Å². The standard InChI is InChI=1S/C14H24N2O2/c1-9(2)6-11(5)18-13-7-15-14(10(3)4)16-12(13)8-17/h7,9-11,17H,6,8H2,1-5H3. The van der Waals surface area contributed by atoms with E-state index >= 15 is 0 Å². The lowest BCUT2D eigenvalue weighted by molar-refractivity contribution is 0.182. The van der Waals surface area contributed by atoms with E-state index in [1.165, 1.54) is 0 Å². The van der Waals surface area contributed by atoms with Crippen molar-refractivity contribution in [3.63, 3.8) is 0 Å². The summed E-state index contributed by atoms with van der Waals surface area (Å²) >= 11 is 0. The number of hydrogen-bond acceptors (Lipinski definition) is 4. The molecule has 4 nitrogen and oxygen atoms in total. The molecule has 0 aliphatic rings. The van der Waals surface area contributed by atoms with E-state index in [9.17, 15) is 5.11 Å². The van der Waals surface area contributed by atoms with E-state index in [4.69, 9.17) is 4.74 Å². The highest BCUT2D eigenvalue weighted by Crippen LogP contribution is 2.21. The molecule has 4 heteroatoms. The molecule has 0 saturated carbocycles. The van der Waals surface area contributed by atoms with Gasteiger partial charge in [-0.05, 0) is 19.3 Å². The average Bonchev–Trinajstić information content (AvgIpc) is 2.27. The quantitative estimate of drug-likeness (QED) is 0.845. The summed E-state index contributed by atoms with van der Waals surface area (Å²) in [6.45, 7) is 10.3. The van der Waals surface area contributed by atoms with Gasteiger partial charge in [-0.25, -0.2) is 9.97 Å². The van der Waals surface area contributed by atoms with E-state index in [0.717, 1.165) is 12.2 Å². The maximum absolute atomic E-state index is 9.35. The Kier molecular flexibility index (Phi) is 5.54. The molecular formula is C14H24N2O2. The minimum absolute atomic E-state index is 0.101. The molecule has 0 bridgehead atoms. The fraction of sp³-hybridized carbons (Fsp3) is 0.714. The number of rotatable bonds is 6. The van der Waals surface area contributed by atoms with Gasteiger partial charge in [0.15, 0.2) is 5.75 Å². The Bertz CT molecular complexity index is 378. The Hall–Kier alpha value is -1.16. The summed E-state index contributed by atoms with van der Waals surface area (Å²) in [5, 5.41) is 9.35. The van der Waals surface area contributed by atoms with Crippen molar-refractivity contribution in [2.24, 2.45) is 5.92 Å². The lowest BCUT2D eigenvalue weighted by atomic mass is 10.1. The van der Waals surface area contributed by atoms with Crippen LogP contribution in [0.25, 0.3) is 0 Å². The van der Waals surface area contributed by atoms with Gasteiger partial charge in [0.1, 0.15) is 11.5 Å². The fourth-order valence-electron chi connectivity index (χ4n) is 1.84. The van der Waals surface area contributed by atoms with E-state index in [1.807, 2.05) is 20.8 Å². The molecule has 1 unspecified atom stereocenters. The van der Waals surface area contributed by atoms with Gasteiger partial charge in [-0.3, -0.25) is 0 Å². The van der Waals surface area contributed by atoms with Crippen LogP contribution in [0.2, 0.25) is 0 Å². The predicted molar refractivity (Wildman–Crippen MR) is 71.6 cm³/mol. The second-order valence-corrected chi connectivity index (χ2v) is 5.41. The van der Waals surface area contributed by atoms with E-state index in [-0.39, 0.29) is 18.6 Å². The maximum atomic E-state index is 9.35. The molecule has 0 aromatic carbocycles. The molecule has 0 saturated heterocycles. The van der Waals surface area contributed by atoms with Crippen molar-refractivity contribution in [1.82, 2.24) is 9.97 Å². The topological polar surface area (TPSA) is 55.2 Å². The second-order valence-electron chi connectivity index (χ2n) is 5.41. The van der Waals surface area contributed by atoms with Crippen LogP contribution >= 0.6 is 0 Å². The summed E-state index contributed by atoms with van der Waals surface area (Å²) < 4.78 is 5.80. The fourth-order valence-corrected chi connectivity index (χ4v) is 1.84. The molecule has 1 aromatic rings. The minimum atomic E-state index is -0.119. The first kappa shape index (κ1) is 14.9. The first-order valence-corrected chi connectivity index (χ1v) is 6.57. The maximum Gasteiger partial charge on any atom is 0.161 e. The van der Waals surface area contributed by atoms with Gasteiger partial charge in [-0.2, -0.15) is 0 Å². The van der Waals surface area contributed by atoms with Crippen LogP contribution in [0.3, 0.4) is 0 Å². The molecule has 0 spiro atoms. The summed E-state index contributed by atoms with van der Waals surface area (Å²) in [6, 6.07) is 0. The molecule has 1 atom stereocenters. The molecule has 1 N–H and O–H groups in total. The first-order chi connectivity index (χ1) is 8.43. The van der Waals surface area contributed by atoms with Gasteiger partial charge < -0.3 is 9.84 Å². The molecule has 0 fully saturated rings. The van der Waals surface area contributed by atoms with Crippen molar-refractivity contribution < 1.29 is 9.84 Å². The molecular weight excluding hydrogens is 228 g/mol. The molecule has 0 radical (unpaired) electrons. The van der Waals surface area contributed by atoms with E-state index in [1.54, 1.807) is 6.20 Å². The van der Waals surface area contributed by atoms with Crippen LogP contribution in [-0.4, -0.2) is 21.2 Å². The number of aliphatic hydroxyl groups excluding tert-OH is 1. The molecule has 1 heterocycles. The minimum Gasteiger partial charge on any atom is -0.487 e. The third-order valence-electron chi connectivity index (χ3n) is 2.65. The van der Waals surface area contributed by atoms with Gasteiger partial charge >= 0.3 is 0 Å². The molecule has 1 aromatic heterocycles. The lowest BCUT2D eigenvalue weighted by Gasteiger charge is -2.18. The normalized spacial score (nSPS) is 13.1. The lowest BCUT2D eigenvalue weighted by Crippen LogP contribution is -2.16. The first-order valence-electron chi connectivity index (χ1n) is 6.57. The largest absolute Gasteiger partial charge is 0.487 e. The highest BCUT2D eigenvalue weighted by Gasteiger charge is 2.13. The third kappa shape index (κ3) is 4.26. The Morgan fingerprint density at radius 1 is 1.22 bits per heavy atom. The third-order valence-corrected chi connectivity index (χ3v) is 2.65. The van der Waals surface area contributed by atoms with Crippen LogP contribution in [0, 0.1) is 5.92 Å². The zero-order valence-corrected chi connectivity index (χ0v) is 12.0.